The van der Waals surface area contributed by atoms with E-state index in [0.717, 1.165) is 28.8 Å². The highest BCUT2D eigenvalue weighted by molar-refractivity contribution is 6.03. The van der Waals surface area contributed by atoms with Gasteiger partial charge in [-0.2, -0.15) is 0 Å². The van der Waals surface area contributed by atoms with Crippen molar-refractivity contribution in [2.24, 2.45) is 0 Å². The monoisotopic (exact) mass is 395 g/mol. The average molecular weight is 396 g/mol. The van der Waals surface area contributed by atoms with Crippen molar-refractivity contribution in [3.05, 3.63) is 59.2 Å². The SMILES string of the molecule is CCCOc1ccc(/C=C/C(=O)Nc2c(C(C)C)cccc2C(C)C)cc1OC. The van der Waals surface area contributed by atoms with Crippen LogP contribution < -0.4 is 14.8 Å². The highest BCUT2D eigenvalue weighted by Crippen LogP contribution is 2.32. The minimum atomic E-state index is -0.148. The molecule has 0 unspecified atom stereocenters. The molecule has 0 aliphatic heterocycles. The molecule has 0 aromatic heterocycles. The average Bonchev–Trinajstić information content (AvgIpc) is 2.70. The van der Waals surface area contributed by atoms with Crippen LogP contribution in [-0.2, 0) is 4.79 Å². The zero-order valence-electron chi connectivity index (χ0n) is 18.4. The van der Waals surface area contributed by atoms with Gasteiger partial charge in [-0.3, -0.25) is 4.79 Å². The maximum atomic E-state index is 12.6. The summed E-state index contributed by atoms with van der Waals surface area (Å²) in [6.07, 6.45) is 4.28. The Morgan fingerprint density at radius 1 is 1.03 bits per heavy atom. The third-order valence-electron chi connectivity index (χ3n) is 4.70. The number of hydrogen-bond donors (Lipinski definition) is 1. The van der Waals surface area contributed by atoms with E-state index in [4.69, 9.17) is 9.47 Å². The van der Waals surface area contributed by atoms with E-state index in [9.17, 15) is 4.79 Å². The molecule has 4 heteroatoms. The van der Waals surface area contributed by atoms with Gasteiger partial charge < -0.3 is 14.8 Å². The van der Waals surface area contributed by atoms with Crippen LogP contribution in [0.1, 0.15) is 69.6 Å². The number of methoxy groups -OCH3 is 1. The predicted molar refractivity (Wildman–Crippen MR) is 121 cm³/mol. The third-order valence-corrected chi connectivity index (χ3v) is 4.70. The van der Waals surface area contributed by atoms with Crippen molar-refractivity contribution >= 4 is 17.7 Å². The van der Waals surface area contributed by atoms with E-state index in [2.05, 4.69) is 58.1 Å². The van der Waals surface area contributed by atoms with Crippen molar-refractivity contribution in [1.29, 1.82) is 0 Å². The minimum Gasteiger partial charge on any atom is -0.493 e. The third kappa shape index (κ3) is 6.11. The summed E-state index contributed by atoms with van der Waals surface area (Å²) in [4.78, 5) is 12.6. The van der Waals surface area contributed by atoms with Crippen LogP contribution in [0.4, 0.5) is 5.69 Å². The number of carbonyl (C=O) groups excluding carboxylic acids is 1. The maximum Gasteiger partial charge on any atom is 0.248 e. The van der Waals surface area contributed by atoms with Gasteiger partial charge in [0.25, 0.3) is 0 Å². The number of hydrogen-bond acceptors (Lipinski definition) is 3. The van der Waals surface area contributed by atoms with E-state index in [1.165, 1.54) is 0 Å². The number of benzene rings is 2. The zero-order valence-corrected chi connectivity index (χ0v) is 18.4. The molecule has 0 heterocycles. The molecule has 0 saturated heterocycles. The largest absolute Gasteiger partial charge is 0.493 e. The number of rotatable bonds is 9. The van der Waals surface area contributed by atoms with Crippen LogP contribution in [0.3, 0.4) is 0 Å². The van der Waals surface area contributed by atoms with E-state index in [-0.39, 0.29) is 5.91 Å². The first-order chi connectivity index (χ1) is 13.9. The van der Waals surface area contributed by atoms with Gasteiger partial charge in [-0.1, -0.05) is 58.9 Å². The smallest absolute Gasteiger partial charge is 0.248 e. The van der Waals surface area contributed by atoms with Gasteiger partial charge in [0.05, 0.1) is 13.7 Å². The molecule has 1 amide bonds. The second kappa shape index (κ2) is 10.7. The molecule has 2 aromatic rings. The van der Waals surface area contributed by atoms with Crippen molar-refractivity contribution in [1.82, 2.24) is 0 Å². The highest BCUT2D eigenvalue weighted by Gasteiger charge is 2.15. The minimum absolute atomic E-state index is 0.148. The van der Waals surface area contributed by atoms with Crippen molar-refractivity contribution in [2.75, 3.05) is 19.0 Å². The summed E-state index contributed by atoms with van der Waals surface area (Å²) in [6, 6.07) is 11.9. The maximum absolute atomic E-state index is 12.6. The first-order valence-electron chi connectivity index (χ1n) is 10.3. The lowest BCUT2D eigenvalue weighted by molar-refractivity contribution is -0.111. The van der Waals surface area contributed by atoms with E-state index in [1.807, 2.05) is 18.2 Å². The Bertz CT molecular complexity index is 827. The highest BCUT2D eigenvalue weighted by atomic mass is 16.5. The number of para-hydroxylation sites is 1. The second-order valence-corrected chi connectivity index (χ2v) is 7.70. The summed E-state index contributed by atoms with van der Waals surface area (Å²) in [5.74, 6) is 1.88. The lowest BCUT2D eigenvalue weighted by Gasteiger charge is -2.19. The molecule has 0 fully saturated rings. The fourth-order valence-corrected chi connectivity index (χ4v) is 3.15. The molecule has 29 heavy (non-hydrogen) atoms. The summed E-state index contributed by atoms with van der Waals surface area (Å²) in [5, 5.41) is 3.10. The molecule has 2 aromatic carbocycles. The van der Waals surface area contributed by atoms with Gasteiger partial charge >= 0.3 is 0 Å². The van der Waals surface area contributed by atoms with E-state index in [1.54, 1.807) is 19.3 Å². The lowest BCUT2D eigenvalue weighted by atomic mass is 9.92. The van der Waals surface area contributed by atoms with Crippen LogP contribution in [0.5, 0.6) is 11.5 Å². The first-order valence-corrected chi connectivity index (χ1v) is 10.3. The number of anilines is 1. The molecule has 4 nitrogen and oxygen atoms in total. The molecule has 156 valence electrons. The van der Waals surface area contributed by atoms with E-state index < -0.39 is 0 Å². The molecule has 0 atom stereocenters. The van der Waals surface area contributed by atoms with Crippen LogP contribution in [0.25, 0.3) is 6.08 Å². The Labute approximate surface area is 174 Å². The predicted octanol–water partition coefficient (Wildman–Crippen LogP) is 6.38. The fourth-order valence-electron chi connectivity index (χ4n) is 3.15. The van der Waals surface area contributed by atoms with Crippen molar-refractivity contribution < 1.29 is 14.3 Å². The summed E-state index contributed by atoms with van der Waals surface area (Å²) < 4.78 is 11.1. The van der Waals surface area contributed by atoms with Crippen LogP contribution in [-0.4, -0.2) is 19.6 Å². The quantitative estimate of drug-likeness (QED) is 0.501. The summed E-state index contributed by atoms with van der Waals surface area (Å²) in [7, 11) is 1.62. The van der Waals surface area contributed by atoms with Gasteiger partial charge in [0, 0.05) is 11.8 Å². The number of nitrogens with one attached hydrogen (secondary N) is 1. The van der Waals surface area contributed by atoms with Gasteiger partial charge in [-0.15, -0.1) is 0 Å². The molecule has 0 bridgehead atoms. The van der Waals surface area contributed by atoms with Crippen LogP contribution in [0, 0.1) is 0 Å². The summed E-state index contributed by atoms with van der Waals surface area (Å²) >= 11 is 0. The molecule has 1 N–H and O–H groups in total. The molecule has 0 saturated carbocycles. The normalized spacial score (nSPS) is 11.3. The molecule has 0 radical (unpaired) electrons. The van der Waals surface area contributed by atoms with Crippen LogP contribution in [0.15, 0.2) is 42.5 Å². The van der Waals surface area contributed by atoms with E-state index >= 15 is 0 Å². The Hall–Kier alpha value is -2.75. The number of ether oxygens (including phenoxy) is 2. The molecule has 0 aliphatic rings. The van der Waals surface area contributed by atoms with Crippen molar-refractivity contribution in [2.45, 2.75) is 52.9 Å². The summed E-state index contributed by atoms with van der Waals surface area (Å²) in [5.41, 5.74) is 4.10. The van der Waals surface area contributed by atoms with E-state index in [0.29, 0.717) is 29.9 Å². The number of amides is 1. The zero-order chi connectivity index (χ0) is 21.4. The molecule has 2 rings (SSSR count). The molecule has 0 aliphatic carbocycles. The standard InChI is InChI=1S/C25H33NO3/c1-7-15-29-22-13-11-19(16-23(22)28-6)12-14-24(27)26-25-20(17(2)3)9-8-10-21(25)18(4)5/h8-14,16-18H,7,15H2,1-6H3,(H,26,27)/b14-12+. The molecular formula is C25H33NO3. The molecule has 0 spiro atoms. The Balaban J connectivity index is 2.20. The summed E-state index contributed by atoms with van der Waals surface area (Å²) in [6.45, 7) is 11.3. The first kappa shape index (κ1) is 22.5. The van der Waals surface area contributed by atoms with Gasteiger partial charge in [0.2, 0.25) is 5.91 Å². The second-order valence-electron chi connectivity index (χ2n) is 7.70. The Morgan fingerprint density at radius 3 is 2.24 bits per heavy atom. The van der Waals surface area contributed by atoms with Crippen molar-refractivity contribution in [3.63, 3.8) is 0 Å². The van der Waals surface area contributed by atoms with Crippen molar-refractivity contribution in [3.8, 4) is 11.5 Å². The Morgan fingerprint density at radius 2 is 1.69 bits per heavy atom. The topological polar surface area (TPSA) is 47.6 Å². The lowest BCUT2D eigenvalue weighted by Crippen LogP contribution is -2.13. The van der Waals surface area contributed by atoms with Crippen LogP contribution >= 0.6 is 0 Å². The number of carbonyl (C=O) groups is 1. The van der Waals surface area contributed by atoms with Gasteiger partial charge in [-0.05, 0) is 53.2 Å². The van der Waals surface area contributed by atoms with Gasteiger partial charge in [0.15, 0.2) is 11.5 Å². The fraction of sp³-hybridized carbons (Fsp3) is 0.400. The van der Waals surface area contributed by atoms with Gasteiger partial charge in [-0.25, -0.2) is 0 Å². The Kier molecular flexibility index (Phi) is 8.32. The van der Waals surface area contributed by atoms with Crippen LogP contribution in [0.2, 0.25) is 0 Å². The molecular weight excluding hydrogens is 362 g/mol. The van der Waals surface area contributed by atoms with Gasteiger partial charge in [0.1, 0.15) is 0 Å².